The minimum absolute atomic E-state index is 0.00768. The summed E-state index contributed by atoms with van der Waals surface area (Å²) in [6.45, 7) is 0.403. The molecule has 4 heteroatoms. The second kappa shape index (κ2) is 3.95. The number of likely N-dealkylation sites (tertiary alicyclic amines) is 1. The maximum Gasteiger partial charge on any atom is 0.236 e. The van der Waals surface area contributed by atoms with Crippen LogP contribution in [0.25, 0.3) is 0 Å². The summed E-state index contributed by atoms with van der Waals surface area (Å²) in [5, 5.41) is 0. The van der Waals surface area contributed by atoms with Gasteiger partial charge in [0.15, 0.2) is 0 Å². The van der Waals surface area contributed by atoms with Gasteiger partial charge in [-0.3, -0.25) is 14.5 Å². The van der Waals surface area contributed by atoms with Gasteiger partial charge in [-0.15, -0.1) is 0 Å². The molecule has 3 aliphatic heterocycles. The van der Waals surface area contributed by atoms with E-state index >= 15 is 0 Å². The Morgan fingerprint density at radius 3 is 2.05 bits per heavy atom. The van der Waals surface area contributed by atoms with E-state index in [9.17, 15) is 9.59 Å². The van der Waals surface area contributed by atoms with Crippen LogP contribution in [0.4, 0.5) is 0 Å². The van der Waals surface area contributed by atoms with Gasteiger partial charge in [0.1, 0.15) is 0 Å². The van der Waals surface area contributed by atoms with Gasteiger partial charge >= 0.3 is 0 Å². The van der Waals surface area contributed by atoms with Gasteiger partial charge in [-0.05, 0) is 30.2 Å². The van der Waals surface area contributed by atoms with Crippen molar-refractivity contribution in [3.8, 4) is 0 Å². The van der Waals surface area contributed by atoms with E-state index < -0.39 is 0 Å². The van der Waals surface area contributed by atoms with Gasteiger partial charge < -0.3 is 4.74 Å². The number of hydrogen-bond donors (Lipinski definition) is 0. The molecule has 0 N–H and O–H groups in total. The zero-order valence-electron chi connectivity index (χ0n) is 11.6. The van der Waals surface area contributed by atoms with E-state index in [-0.39, 0.29) is 35.9 Å². The second-order valence-electron chi connectivity index (χ2n) is 6.77. The molecule has 2 bridgehead atoms. The molecule has 0 aromatic heterocycles. The summed E-state index contributed by atoms with van der Waals surface area (Å²) in [7, 11) is 0. The maximum atomic E-state index is 12.7. The van der Waals surface area contributed by atoms with Crippen LogP contribution >= 0.6 is 0 Å². The number of nitrogens with zero attached hydrogens (tertiary/aromatic N) is 1. The molecular formula is C17H17NO3. The highest BCUT2D eigenvalue weighted by atomic mass is 16.5. The number of ether oxygens (including phenoxy) is 1. The summed E-state index contributed by atoms with van der Waals surface area (Å²) in [4.78, 5) is 26.9. The molecule has 2 amide bonds. The lowest BCUT2D eigenvalue weighted by atomic mass is 9.60. The number of amides is 2. The molecule has 5 rings (SSSR count). The Morgan fingerprint density at radius 1 is 0.952 bits per heavy atom. The van der Waals surface area contributed by atoms with Crippen LogP contribution < -0.4 is 0 Å². The van der Waals surface area contributed by atoms with Crippen LogP contribution in [0.15, 0.2) is 30.3 Å². The quantitative estimate of drug-likeness (QED) is 0.774. The van der Waals surface area contributed by atoms with Gasteiger partial charge in [0.25, 0.3) is 0 Å². The fourth-order valence-corrected chi connectivity index (χ4v) is 4.84. The van der Waals surface area contributed by atoms with Crippen LogP contribution in [-0.2, 0) is 20.9 Å². The average molecular weight is 283 g/mol. The topological polar surface area (TPSA) is 46.6 Å². The maximum absolute atomic E-state index is 12.7. The predicted molar refractivity (Wildman–Crippen MR) is 73.9 cm³/mol. The lowest BCUT2D eigenvalue weighted by Gasteiger charge is -2.40. The Balaban J connectivity index is 1.45. The van der Waals surface area contributed by atoms with E-state index in [2.05, 4.69) is 0 Å². The molecule has 1 aromatic carbocycles. The molecule has 1 saturated carbocycles. The number of imide groups is 1. The van der Waals surface area contributed by atoms with Crippen LogP contribution in [-0.4, -0.2) is 28.9 Å². The van der Waals surface area contributed by atoms with Crippen molar-refractivity contribution < 1.29 is 14.3 Å². The average Bonchev–Trinajstić information content (AvgIpc) is 3.01. The van der Waals surface area contributed by atoms with Crippen molar-refractivity contribution in [2.24, 2.45) is 23.7 Å². The first-order valence-corrected chi connectivity index (χ1v) is 7.80. The SMILES string of the molecule is O=C1[C@@H]2[C@H](C(=O)N1Cc1ccccc1)[C@@H]1O[C@H]2C2CCC21. The highest BCUT2D eigenvalue weighted by Crippen LogP contribution is 2.60. The highest BCUT2D eigenvalue weighted by molar-refractivity contribution is 6.06. The first kappa shape index (κ1) is 11.9. The summed E-state index contributed by atoms with van der Waals surface area (Å²) < 4.78 is 6.00. The zero-order chi connectivity index (χ0) is 14.1. The second-order valence-corrected chi connectivity index (χ2v) is 6.77. The van der Waals surface area contributed by atoms with E-state index in [4.69, 9.17) is 4.74 Å². The van der Waals surface area contributed by atoms with Crippen molar-refractivity contribution in [1.29, 1.82) is 0 Å². The van der Waals surface area contributed by atoms with Crippen LogP contribution in [0, 0.1) is 23.7 Å². The van der Waals surface area contributed by atoms with Crippen molar-refractivity contribution in [3.63, 3.8) is 0 Å². The van der Waals surface area contributed by atoms with Crippen LogP contribution in [0.3, 0.4) is 0 Å². The summed E-state index contributed by atoms with van der Waals surface area (Å²) >= 11 is 0. The van der Waals surface area contributed by atoms with Gasteiger partial charge in [0, 0.05) is 0 Å². The number of carbonyl (C=O) groups excluding carboxylic acids is 2. The Kier molecular flexibility index (Phi) is 2.24. The van der Waals surface area contributed by atoms with Crippen molar-refractivity contribution in [1.82, 2.24) is 4.90 Å². The number of fused-ring (bicyclic) bond motifs is 8. The molecule has 21 heavy (non-hydrogen) atoms. The molecule has 4 fully saturated rings. The number of rotatable bonds is 2. The summed E-state index contributed by atoms with van der Waals surface area (Å²) in [6, 6.07) is 9.74. The summed E-state index contributed by atoms with van der Waals surface area (Å²) in [5.41, 5.74) is 1.01. The third kappa shape index (κ3) is 1.39. The fourth-order valence-electron chi connectivity index (χ4n) is 4.84. The van der Waals surface area contributed by atoms with Gasteiger partial charge in [-0.2, -0.15) is 0 Å². The minimum atomic E-state index is -0.201. The number of benzene rings is 1. The van der Waals surface area contributed by atoms with E-state index in [0.29, 0.717) is 18.4 Å². The monoisotopic (exact) mass is 283 g/mol. The highest BCUT2D eigenvalue weighted by Gasteiger charge is 2.70. The normalized spacial score (nSPS) is 43.0. The van der Waals surface area contributed by atoms with Gasteiger partial charge in [-0.25, -0.2) is 0 Å². The van der Waals surface area contributed by atoms with Crippen LogP contribution in [0.2, 0.25) is 0 Å². The Labute approximate surface area is 123 Å². The van der Waals surface area contributed by atoms with Crippen LogP contribution in [0.1, 0.15) is 18.4 Å². The van der Waals surface area contributed by atoms with Crippen molar-refractivity contribution in [2.45, 2.75) is 31.6 Å². The molecule has 2 unspecified atom stereocenters. The molecule has 0 spiro atoms. The van der Waals surface area contributed by atoms with Gasteiger partial charge in [-0.1, -0.05) is 30.3 Å². The van der Waals surface area contributed by atoms with E-state index in [1.54, 1.807) is 0 Å². The van der Waals surface area contributed by atoms with Crippen molar-refractivity contribution in [3.05, 3.63) is 35.9 Å². The van der Waals surface area contributed by atoms with Gasteiger partial charge in [0.05, 0.1) is 30.6 Å². The smallest absolute Gasteiger partial charge is 0.236 e. The molecular weight excluding hydrogens is 266 g/mol. The summed E-state index contributed by atoms with van der Waals surface area (Å²) in [5.74, 6) is 0.647. The predicted octanol–water partition coefficient (Wildman–Crippen LogP) is 1.59. The third-order valence-corrected chi connectivity index (χ3v) is 5.92. The first-order chi connectivity index (χ1) is 10.3. The standard InChI is InChI=1S/C17H17NO3/c19-16-12-13(15-11-7-6-10(11)14(12)21-15)17(20)18(16)8-9-4-2-1-3-5-9/h1-5,10-15H,6-8H2/t10?,11?,12-,13+,14+,15-. The number of carbonyl (C=O) groups is 2. The molecule has 1 aliphatic carbocycles. The lowest BCUT2D eigenvalue weighted by molar-refractivity contribution is -0.143. The molecule has 6 atom stereocenters. The Bertz CT molecular complexity index is 594. The molecule has 4 nitrogen and oxygen atoms in total. The lowest BCUT2D eigenvalue weighted by Crippen LogP contribution is -2.46. The first-order valence-electron chi connectivity index (χ1n) is 7.80. The number of hydrogen-bond acceptors (Lipinski definition) is 3. The molecule has 0 radical (unpaired) electrons. The molecule has 108 valence electrons. The molecule has 3 saturated heterocycles. The molecule has 4 aliphatic rings. The summed E-state index contributed by atoms with van der Waals surface area (Å²) in [6.07, 6.45) is 2.34. The minimum Gasteiger partial charge on any atom is -0.373 e. The largest absolute Gasteiger partial charge is 0.373 e. The molecule has 1 aromatic rings. The van der Waals surface area contributed by atoms with Crippen LogP contribution in [0.5, 0.6) is 0 Å². The fraction of sp³-hybridized carbons (Fsp3) is 0.529. The van der Waals surface area contributed by atoms with E-state index in [1.807, 2.05) is 30.3 Å². The van der Waals surface area contributed by atoms with E-state index in [0.717, 1.165) is 18.4 Å². The van der Waals surface area contributed by atoms with Crippen molar-refractivity contribution >= 4 is 11.8 Å². The third-order valence-electron chi connectivity index (χ3n) is 5.92. The van der Waals surface area contributed by atoms with Gasteiger partial charge in [0.2, 0.25) is 11.8 Å². The Morgan fingerprint density at radius 2 is 1.52 bits per heavy atom. The molecule has 3 heterocycles. The zero-order valence-corrected chi connectivity index (χ0v) is 11.6. The van der Waals surface area contributed by atoms with Crippen molar-refractivity contribution in [2.75, 3.05) is 0 Å². The Hall–Kier alpha value is -1.68. The van der Waals surface area contributed by atoms with E-state index in [1.165, 1.54) is 4.90 Å².